The van der Waals surface area contributed by atoms with Gasteiger partial charge in [-0.05, 0) is 24.1 Å². The fraction of sp³-hybridized carbons (Fsp3) is 0.462. The lowest BCUT2D eigenvalue weighted by Crippen LogP contribution is -2.15. The predicted molar refractivity (Wildman–Crippen MR) is 74.5 cm³/mol. The highest BCUT2D eigenvalue weighted by Gasteiger charge is 2.21. The molecule has 0 atom stereocenters. The highest BCUT2D eigenvalue weighted by molar-refractivity contribution is 7.91. The van der Waals surface area contributed by atoms with Gasteiger partial charge in [0, 0.05) is 0 Å². The molecule has 1 rings (SSSR count). The van der Waals surface area contributed by atoms with Crippen molar-refractivity contribution in [2.75, 3.05) is 5.75 Å². The van der Waals surface area contributed by atoms with Crippen LogP contribution in [0.5, 0.6) is 0 Å². The van der Waals surface area contributed by atoms with Crippen molar-refractivity contribution in [1.82, 2.24) is 0 Å². The molecule has 0 radical (unpaired) electrons. The van der Waals surface area contributed by atoms with E-state index in [1.807, 2.05) is 13.8 Å². The molecule has 0 spiro atoms. The Balaban J connectivity index is 3.09. The molecule has 0 saturated carbocycles. The summed E-state index contributed by atoms with van der Waals surface area (Å²) in [5.74, 6) is -1.01. The highest BCUT2D eigenvalue weighted by atomic mass is 35.5. The molecule has 1 aromatic rings. The van der Waals surface area contributed by atoms with E-state index in [1.54, 1.807) is 0 Å². The minimum atomic E-state index is -3.43. The lowest BCUT2D eigenvalue weighted by atomic mass is 10.1. The van der Waals surface area contributed by atoms with Gasteiger partial charge >= 0.3 is 5.97 Å². The minimum Gasteiger partial charge on any atom is -0.478 e. The number of carboxylic acid groups (broad SMARTS) is 1. The summed E-state index contributed by atoms with van der Waals surface area (Å²) in [5.41, 5.74) is -0.0943. The second-order valence-corrected chi connectivity index (χ2v) is 6.85. The molecule has 19 heavy (non-hydrogen) atoms. The summed E-state index contributed by atoms with van der Waals surface area (Å²) in [7, 11) is -3.43. The molecule has 0 aromatic heterocycles. The number of carbonyl (C=O) groups is 1. The number of sulfone groups is 1. The van der Waals surface area contributed by atoms with Crippen LogP contribution in [0.3, 0.4) is 0 Å². The van der Waals surface area contributed by atoms with Gasteiger partial charge in [0.1, 0.15) is 0 Å². The standard InChI is InChI=1S/C13H17ClO4S/c1-3-9(4-2)8-19(17,18)10-5-6-11(13(15)16)12(14)7-10/h5-7,9H,3-4,8H2,1-2H3,(H,15,16). The van der Waals surface area contributed by atoms with Crippen LogP contribution in [0.4, 0.5) is 0 Å². The Hall–Kier alpha value is -1.07. The average Bonchev–Trinajstić information content (AvgIpc) is 2.35. The summed E-state index contributed by atoms with van der Waals surface area (Å²) >= 11 is 5.79. The third-order valence-corrected chi connectivity index (χ3v) is 5.34. The number of rotatable bonds is 6. The first-order valence-corrected chi connectivity index (χ1v) is 8.10. The van der Waals surface area contributed by atoms with Crippen molar-refractivity contribution in [2.24, 2.45) is 5.92 Å². The molecule has 0 heterocycles. The fourth-order valence-corrected chi connectivity index (χ4v) is 3.98. The average molecular weight is 305 g/mol. The molecule has 6 heteroatoms. The Morgan fingerprint density at radius 3 is 2.32 bits per heavy atom. The van der Waals surface area contributed by atoms with Crippen molar-refractivity contribution >= 4 is 27.4 Å². The third-order valence-electron chi connectivity index (χ3n) is 3.14. The van der Waals surface area contributed by atoms with E-state index >= 15 is 0 Å². The Morgan fingerprint density at radius 2 is 1.89 bits per heavy atom. The zero-order valence-electron chi connectivity index (χ0n) is 10.9. The molecule has 0 fully saturated rings. The minimum absolute atomic E-state index is 0.0573. The second-order valence-electron chi connectivity index (χ2n) is 4.41. The van der Waals surface area contributed by atoms with Crippen LogP contribution in [0, 0.1) is 5.92 Å². The molecule has 0 aliphatic rings. The summed E-state index contributed by atoms with van der Waals surface area (Å²) in [6, 6.07) is 3.74. The van der Waals surface area contributed by atoms with Crippen LogP contribution >= 0.6 is 11.6 Å². The van der Waals surface area contributed by atoms with Gasteiger partial charge in [0.15, 0.2) is 9.84 Å². The number of aromatic carboxylic acids is 1. The van der Waals surface area contributed by atoms with Crippen LogP contribution in [0.1, 0.15) is 37.0 Å². The van der Waals surface area contributed by atoms with Gasteiger partial charge in [-0.25, -0.2) is 13.2 Å². The van der Waals surface area contributed by atoms with Crippen LogP contribution in [-0.2, 0) is 9.84 Å². The summed E-state index contributed by atoms with van der Waals surface area (Å²) in [6.45, 7) is 3.90. The summed E-state index contributed by atoms with van der Waals surface area (Å²) in [6.07, 6.45) is 1.58. The molecular formula is C13H17ClO4S. The molecule has 0 amide bonds. The van der Waals surface area contributed by atoms with Crippen molar-refractivity contribution in [3.63, 3.8) is 0 Å². The van der Waals surface area contributed by atoms with Crippen LogP contribution in [0.15, 0.2) is 23.1 Å². The van der Waals surface area contributed by atoms with E-state index in [1.165, 1.54) is 18.2 Å². The van der Waals surface area contributed by atoms with Crippen LogP contribution < -0.4 is 0 Å². The number of halogens is 1. The Labute approximate surface area is 118 Å². The quantitative estimate of drug-likeness (QED) is 0.875. The van der Waals surface area contributed by atoms with Crippen molar-refractivity contribution in [3.05, 3.63) is 28.8 Å². The monoisotopic (exact) mass is 304 g/mol. The van der Waals surface area contributed by atoms with Crippen molar-refractivity contribution < 1.29 is 18.3 Å². The summed E-state index contributed by atoms with van der Waals surface area (Å²) < 4.78 is 24.4. The maximum absolute atomic E-state index is 12.2. The van der Waals surface area contributed by atoms with E-state index in [9.17, 15) is 13.2 Å². The van der Waals surface area contributed by atoms with E-state index in [4.69, 9.17) is 16.7 Å². The number of hydrogen-bond acceptors (Lipinski definition) is 3. The summed E-state index contributed by atoms with van der Waals surface area (Å²) in [4.78, 5) is 10.9. The van der Waals surface area contributed by atoms with Crippen LogP contribution in [0.2, 0.25) is 5.02 Å². The van der Waals surface area contributed by atoms with Crippen LogP contribution in [-0.4, -0.2) is 25.2 Å². The largest absolute Gasteiger partial charge is 0.478 e. The molecule has 0 unspecified atom stereocenters. The molecule has 1 aromatic carbocycles. The third kappa shape index (κ3) is 3.94. The number of benzene rings is 1. The van der Waals surface area contributed by atoms with Gasteiger partial charge in [0.25, 0.3) is 0 Å². The molecule has 0 saturated heterocycles. The number of carboxylic acids is 1. The fourth-order valence-electron chi connectivity index (χ4n) is 1.79. The van der Waals surface area contributed by atoms with Gasteiger partial charge in [-0.15, -0.1) is 0 Å². The molecule has 0 bridgehead atoms. The van der Waals surface area contributed by atoms with E-state index < -0.39 is 15.8 Å². The Morgan fingerprint density at radius 1 is 1.32 bits per heavy atom. The maximum Gasteiger partial charge on any atom is 0.337 e. The number of hydrogen-bond donors (Lipinski definition) is 1. The predicted octanol–water partition coefficient (Wildman–Crippen LogP) is 3.25. The van der Waals surface area contributed by atoms with E-state index in [2.05, 4.69) is 0 Å². The Kier molecular flexibility index (Phi) is 5.38. The molecule has 106 valence electrons. The molecule has 0 aliphatic heterocycles. The summed E-state index contributed by atoms with van der Waals surface area (Å²) in [5, 5.41) is 8.79. The first-order chi connectivity index (χ1) is 8.81. The molecule has 4 nitrogen and oxygen atoms in total. The first kappa shape index (κ1) is 16.0. The van der Waals surface area contributed by atoms with Gasteiger partial charge in [-0.3, -0.25) is 0 Å². The zero-order chi connectivity index (χ0) is 14.6. The van der Waals surface area contributed by atoms with E-state index in [-0.39, 0.29) is 27.2 Å². The maximum atomic E-state index is 12.2. The van der Waals surface area contributed by atoms with Crippen molar-refractivity contribution in [3.8, 4) is 0 Å². The van der Waals surface area contributed by atoms with Crippen molar-refractivity contribution in [1.29, 1.82) is 0 Å². The van der Waals surface area contributed by atoms with Gasteiger partial charge in [-0.1, -0.05) is 38.3 Å². The zero-order valence-corrected chi connectivity index (χ0v) is 12.5. The van der Waals surface area contributed by atoms with Crippen LogP contribution in [0.25, 0.3) is 0 Å². The van der Waals surface area contributed by atoms with E-state index in [0.717, 1.165) is 12.8 Å². The van der Waals surface area contributed by atoms with Gasteiger partial charge < -0.3 is 5.11 Å². The van der Waals surface area contributed by atoms with Gasteiger partial charge in [0.05, 0.1) is 21.2 Å². The lowest BCUT2D eigenvalue weighted by Gasteiger charge is -2.13. The topological polar surface area (TPSA) is 71.4 Å². The normalized spacial score (nSPS) is 11.8. The molecule has 1 N–H and O–H groups in total. The first-order valence-electron chi connectivity index (χ1n) is 6.07. The van der Waals surface area contributed by atoms with Crippen molar-refractivity contribution in [2.45, 2.75) is 31.6 Å². The smallest absolute Gasteiger partial charge is 0.337 e. The SMILES string of the molecule is CCC(CC)CS(=O)(=O)c1ccc(C(=O)O)c(Cl)c1. The molecule has 0 aliphatic carbocycles. The van der Waals surface area contributed by atoms with E-state index in [0.29, 0.717) is 0 Å². The Bertz CT molecular complexity index is 562. The van der Waals surface area contributed by atoms with Gasteiger partial charge in [0.2, 0.25) is 0 Å². The highest BCUT2D eigenvalue weighted by Crippen LogP contribution is 2.24. The second kappa shape index (κ2) is 6.39. The lowest BCUT2D eigenvalue weighted by molar-refractivity contribution is 0.0697. The van der Waals surface area contributed by atoms with Gasteiger partial charge in [-0.2, -0.15) is 0 Å². The molecular weight excluding hydrogens is 288 g/mol.